The van der Waals surface area contributed by atoms with Gasteiger partial charge in [0.05, 0.1) is 5.75 Å². The molecule has 1 amide bonds. The molecule has 3 nitrogen and oxygen atoms in total. The van der Waals surface area contributed by atoms with Crippen LogP contribution in [-0.2, 0) is 10.5 Å². The number of likely N-dealkylation sites (tertiary alicyclic amines) is 1. The van der Waals surface area contributed by atoms with Crippen molar-refractivity contribution in [2.24, 2.45) is 0 Å². The van der Waals surface area contributed by atoms with Crippen LogP contribution in [0.5, 0.6) is 0 Å². The van der Waals surface area contributed by atoms with Gasteiger partial charge in [-0.15, -0.1) is 11.8 Å². The highest BCUT2D eigenvalue weighted by Crippen LogP contribution is 2.12. The maximum Gasteiger partial charge on any atom is 0.230 e. The summed E-state index contributed by atoms with van der Waals surface area (Å²) in [5.41, 5.74) is 1.05. The number of benzene rings is 1. The number of rotatable bonds is 8. The molecule has 0 saturated carbocycles. The Hall–Kier alpha value is -1.07. The van der Waals surface area contributed by atoms with E-state index in [0.717, 1.165) is 30.8 Å². The highest BCUT2D eigenvalue weighted by atomic mass is 32.2. The lowest BCUT2D eigenvalue weighted by atomic mass is 10.1. The van der Waals surface area contributed by atoms with Gasteiger partial charge in [0.25, 0.3) is 0 Å². The van der Waals surface area contributed by atoms with E-state index in [1.165, 1.54) is 44.5 Å². The van der Waals surface area contributed by atoms with Crippen molar-refractivity contribution in [1.82, 2.24) is 10.2 Å². The molecule has 1 aromatic rings. The third-order valence-electron chi connectivity index (χ3n) is 3.84. The number of nitrogens with zero attached hydrogens (tertiary/aromatic N) is 1. The fourth-order valence-electron chi connectivity index (χ4n) is 2.61. The molecule has 1 heterocycles. The van der Waals surface area contributed by atoms with Crippen LogP contribution in [0, 0.1) is 5.82 Å². The SMILES string of the molecule is O=C(CSCc1ccc(F)cc1)NCCCN1CCCCC1. The van der Waals surface area contributed by atoms with Crippen molar-refractivity contribution in [2.75, 3.05) is 31.9 Å². The van der Waals surface area contributed by atoms with Gasteiger partial charge < -0.3 is 10.2 Å². The van der Waals surface area contributed by atoms with Crippen LogP contribution >= 0.6 is 11.8 Å². The largest absolute Gasteiger partial charge is 0.355 e. The predicted molar refractivity (Wildman–Crippen MR) is 90.5 cm³/mol. The summed E-state index contributed by atoms with van der Waals surface area (Å²) in [5, 5.41) is 2.97. The van der Waals surface area contributed by atoms with Crippen LogP contribution in [-0.4, -0.2) is 42.7 Å². The molecule has 2 rings (SSSR count). The Morgan fingerprint density at radius 2 is 1.91 bits per heavy atom. The zero-order chi connectivity index (χ0) is 15.6. The lowest BCUT2D eigenvalue weighted by molar-refractivity contribution is -0.118. The van der Waals surface area contributed by atoms with Crippen molar-refractivity contribution in [1.29, 1.82) is 0 Å². The summed E-state index contributed by atoms with van der Waals surface area (Å²) < 4.78 is 12.8. The molecule has 0 aromatic heterocycles. The van der Waals surface area contributed by atoms with Gasteiger partial charge in [0, 0.05) is 12.3 Å². The normalized spacial score (nSPS) is 15.7. The minimum Gasteiger partial charge on any atom is -0.355 e. The van der Waals surface area contributed by atoms with Gasteiger partial charge in [-0.3, -0.25) is 4.79 Å². The smallest absolute Gasteiger partial charge is 0.230 e. The number of thioether (sulfide) groups is 1. The molecule has 22 heavy (non-hydrogen) atoms. The molecule has 1 aromatic carbocycles. The molecule has 1 N–H and O–H groups in total. The average molecular weight is 324 g/mol. The van der Waals surface area contributed by atoms with Gasteiger partial charge in [-0.25, -0.2) is 4.39 Å². The van der Waals surface area contributed by atoms with E-state index in [1.54, 1.807) is 23.9 Å². The van der Waals surface area contributed by atoms with E-state index in [0.29, 0.717) is 5.75 Å². The highest BCUT2D eigenvalue weighted by Gasteiger charge is 2.09. The first-order chi connectivity index (χ1) is 10.7. The summed E-state index contributed by atoms with van der Waals surface area (Å²) in [6.45, 7) is 4.26. The third kappa shape index (κ3) is 6.79. The number of hydrogen-bond acceptors (Lipinski definition) is 3. The first-order valence-corrected chi connectivity index (χ1v) is 9.21. The molecule has 122 valence electrons. The second kappa shape index (κ2) is 9.85. The number of carbonyl (C=O) groups is 1. The standard InChI is InChI=1S/C17H25FN2OS/c18-16-7-5-15(6-8-16)13-22-14-17(21)19-9-4-12-20-10-2-1-3-11-20/h5-8H,1-4,9-14H2,(H,19,21). The Kier molecular flexibility index (Phi) is 7.74. The van der Waals surface area contributed by atoms with Gasteiger partial charge in [-0.2, -0.15) is 0 Å². The van der Waals surface area contributed by atoms with Crippen LogP contribution in [0.15, 0.2) is 24.3 Å². The molecule has 0 aliphatic carbocycles. The van der Waals surface area contributed by atoms with Gasteiger partial charge in [-0.05, 0) is 56.6 Å². The Balaban J connectivity index is 1.49. The van der Waals surface area contributed by atoms with Crippen molar-refractivity contribution >= 4 is 17.7 Å². The first-order valence-electron chi connectivity index (χ1n) is 8.05. The fourth-order valence-corrected chi connectivity index (χ4v) is 3.42. The third-order valence-corrected chi connectivity index (χ3v) is 4.84. The molecule has 1 aliphatic rings. The van der Waals surface area contributed by atoms with E-state index >= 15 is 0 Å². The summed E-state index contributed by atoms with van der Waals surface area (Å²) in [6, 6.07) is 6.44. The highest BCUT2D eigenvalue weighted by molar-refractivity contribution is 7.99. The zero-order valence-electron chi connectivity index (χ0n) is 13.0. The number of piperidine rings is 1. The molecule has 1 saturated heterocycles. The van der Waals surface area contributed by atoms with Gasteiger partial charge in [0.2, 0.25) is 5.91 Å². The second-order valence-electron chi connectivity index (χ2n) is 5.73. The average Bonchev–Trinajstić information content (AvgIpc) is 2.54. The van der Waals surface area contributed by atoms with Crippen molar-refractivity contribution < 1.29 is 9.18 Å². The summed E-state index contributed by atoms with van der Waals surface area (Å²) in [7, 11) is 0. The van der Waals surface area contributed by atoms with E-state index in [9.17, 15) is 9.18 Å². The second-order valence-corrected chi connectivity index (χ2v) is 6.71. The molecule has 0 unspecified atom stereocenters. The molecule has 0 atom stereocenters. The van der Waals surface area contributed by atoms with Crippen LogP contribution in [0.3, 0.4) is 0 Å². The predicted octanol–water partition coefficient (Wildman–Crippen LogP) is 3.05. The topological polar surface area (TPSA) is 32.3 Å². The molecule has 0 spiro atoms. The van der Waals surface area contributed by atoms with Crippen molar-refractivity contribution in [3.8, 4) is 0 Å². The zero-order valence-corrected chi connectivity index (χ0v) is 13.8. The monoisotopic (exact) mass is 324 g/mol. The summed E-state index contributed by atoms with van der Waals surface area (Å²) in [4.78, 5) is 14.2. The Morgan fingerprint density at radius 1 is 1.18 bits per heavy atom. The van der Waals surface area contributed by atoms with Gasteiger partial charge in [-0.1, -0.05) is 18.6 Å². The fraction of sp³-hybridized carbons (Fsp3) is 0.588. The van der Waals surface area contributed by atoms with E-state index < -0.39 is 0 Å². The van der Waals surface area contributed by atoms with Crippen LogP contribution < -0.4 is 5.32 Å². The lowest BCUT2D eigenvalue weighted by Gasteiger charge is -2.26. The van der Waals surface area contributed by atoms with Gasteiger partial charge >= 0.3 is 0 Å². The molecule has 1 aliphatic heterocycles. The number of nitrogens with one attached hydrogen (secondary N) is 1. The van der Waals surface area contributed by atoms with E-state index in [-0.39, 0.29) is 11.7 Å². The quantitative estimate of drug-likeness (QED) is 0.746. The molecule has 0 bridgehead atoms. The first kappa shape index (κ1) is 17.3. The number of halogens is 1. The van der Waals surface area contributed by atoms with Crippen LogP contribution in [0.4, 0.5) is 4.39 Å². The number of carbonyl (C=O) groups excluding carboxylic acids is 1. The van der Waals surface area contributed by atoms with Crippen LogP contribution in [0.25, 0.3) is 0 Å². The van der Waals surface area contributed by atoms with Crippen molar-refractivity contribution in [2.45, 2.75) is 31.4 Å². The minimum absolute atomic E-state index is 0.0887. The molecule has 0 radical (unpaired) electrons. The van der Waals surface area contributed by atoms with E-state index in [2.05, 4.69) is 10.2 Å². The van der Waals surface area contributed by atoms with Gasteiger partial charge in [0.1, 0.15) is 5.82 Å². The van der Waals surface area contributed by atoms with Crippen LogP contribution in [0.2, 0.25) is 0 Å². The molecule has 5 heteroatoms. The molecule has 1 fully saturated rings. The maximum atomic E-state index is 12.8. The lowest BCUT2D eigenvalue weighted by Crippen LogP contribution is -2.33. The number of hydrogen-bond donors (Lipinski definition) is 1. The molecular formula is C17H25FN2OS. The van der Waals surface area contributed by atoms with E-state index in [4.69, 9.17) is 0 Å². The summed E-state index contributed by atoms with van der Waals surface area (Å²) in [6.07, 6.45) is 5.01. The van der Waals surface area contributed by atoms with Gasteiger partial charge in [0.15, 0.2) is 0 Å². The number of amides is 1. The Labute approximate surface area is 136 Å². The van der Waals surface area contributed by atoms with Crippen molar-refractivity contribution in [3.63, 3.8) is 0 Å². The summed E-state index contributed by atoms with van der Waals surface area (Å²) in [5.74, 6) is 1.06. The molecular weight excluding hydrogens is 299 g/mol. The van der Waals surface area contributed by atoms with Crippen molar-refractivity contribution in [3.05, 3.63) is 35.6 Å². The Morgan fingerprint density at radius 3 is 2.64 bits per heavy atom. The summed E-state index contributed by atoms with van der Waals surface area (Å²) >= 11 is 1.56. The Bertz CT molecular complexity index is 446. The van der Waals surface area contributed by atoms with Crippen LogP contribution in [0.1, 0.15) is 31.2 Å². The maximum absolute atomic E-state index is 12.8. The van der Waals surface area contributed by atoms with E-state index in [1.807, 2.05) is 0 Å². The minimum atomic E-state index is -0.222.